The lowest BCUT2D eigenvalue weighted by molar-refractivity contribution is -0.131. The second-order valence-corrected chi connectivity index (χ2v) is 8.01. The van der Waals surface area contributed by atoms with E-state index in [1.807, 2.05) is 42.3 Å². The molecule has 0 N–H and O–H groups in total. The van der Waals surface area contributed by atoms with Gasteiger partial charge in [-0.3, -0.25) is 9.69 Å². The monoisotopic (exact) mass is 394 g/mol. The maximum Gasteiger partial charge on any atom is 0.227 e. The number of amides is 1. The highest BCUT2D eigenvalue weighted by molar-refractivity contribution is 5.79. The van der Waals surface area contributed by atoms with E-state index in [1.54, 1.807) is 0 Å². The highest BCUT2D eigenvalue weighted by Gasteiger charge is 2.26. The number of aromatic nitrogens is 2. The predicted octanol–water partition coefficient (Wildman–Crippen LogP) is 3.16. The van der Waals surface area contributed by atoms with E-state index in [0.717, 1.165) is 54.3 Å². The zero-order chi connectivity index (χ0) is 20.2. The van der Waals surface area contributed by atoms with E-state index in [2.05, 4.69) is 16.9 Å². The van der Waals surface area contributed by atoms with Crippen LogP contribution >= 0.6 is 0 Å². The molecule has 0 saturated carbocycles. The van der Waals surface area contributed by atoms with Gasteiger partial charge in [0.1, 0.15) is 11.6 Å². The minimum atomic E-state index is 0.149. The van der Waals surface area contributed by atoms with Crippen LogP contribution in [0.5, 0.6) is 5.75 Å². The molecule has 0 bridgehead atoms. The van der Waals surface area contributed by atoms with Crippen molar-refractivity contribution in [2.75, 3.05) is 26.7 Å². The summed E-state index contributed by atoms with van der Waals surface area (Å²) >= 11 is 0. The third-order valence-corrected chi connectivity index (χ3v) is 5.96. The zero-order valence-corrected chi connectivity index (χ0v) is 17.4. The summed E-state index contributed by atoms with van der Waals surface area (Å²) in [6, 6.07) is 8.12. The van der Waals surface area contributed by atoms with E-state index < -0.39 is 0 Å². The van der Waals surface area contributed by atoms with Gasteiger partial charge in [0.15, 0.2) is 0 Å². The molecule has 1 aromatic carbocycles. The van der Waals surface area contributed by atoms with Gasteiger partial charge in [0.05, 0.1) is 24.8 Å². The maximum atomic E-state index is 12.8. The van der Waals surface area contributed by atoms with Crippen molar-refractivity contribution < 1.29 is 9.53 Å². The van der Waals surface area contributed by atoms with E-state index in [0.29, 0.717) is 25.6 Å². The van der Waals surface area contributed by atoms with Gasteiger partial charge in [-0.05, 0) is 51.1 Å². The van der Waals surface area contributed by atoms with Gasteiger partial charge in [-0.2, -0.15) is 0 Å². The van der Waals surface area contributed by atoms with Gasteiger partial charge in [0, 0.05) is 31.3 Å². The van der Waals surface area contributed by atoms with Crippen LogP contribution in [0.4, 0.5) is 0 Å². The van der Waals surface area contributed by atoms with E-state index >= 15 is 0 Å². The minimum absolute atomic E-state index is 0.149. The van der Waals surface area contributed by atoms with Crippen LogP contribution in [0.3, 0.4) is 0 Å². The number of rotatable bonds is 5. The summed E-state index contributed by atoms with van der Waals surface area (Å²) in [5, 5.41) is 0. The number of hydrogen-bond donors (Lipinski definition) is 0. The first-order valence-corrected chi connectivity index (χ1v) is 10.7. The van der Waals surface area contributed by atoms with E-state index in [1.165, 1.54) is 12.8 Å². The molecule has 2 aliphatic rings. The normalized spacial score (nSPS) is 19.7. The van der Waals surface area contributed by atoms with Crippen LogP contribution in [0.25, 0.3) is 0 Å². The van der Waals surface area contributed by atoms with Gasteiger partial charge in [-0.15, -0.1) is 0 Å². The van der Waals surface area contributed by atoms with Crippen molar-refractivity contribution in [1.82, 2.24) is 19.8 Å². The summed E-state index contributed by atoms with van der Waals surface area (Å²) in [6.45, 7) is 5.04. The Labute approximate surface area is 172 Å². The van der Waals surface area contributed by atoms with Crippen molar-refractivity contribution >= 4 is 5.91 Å². The molecule has 1 amide bonds. The molecule has 2 aromatic rings. The number of piperidine rings is 1. The fourth-order valence-corrected chi connectivity index (χ4v) is 4.26. The van der Waals surface area contributed by atoms with Crippen molar-refractivity contribution in [2.24, 2.45) is 0 Å². The highest BCUT2D eigenvalue weighted by Crippen LogP contribution is 2.28. The first-order chi connectivity index (χ1) is 14.1. The standard InChI is InChI=1S/C23H30N4O2/c1-3-29-19-9-7-17(8-10-19)14-22(28)27-13-11-20-18(16-27)15-24-23(25-20)21-6-4-5-12-26(21)2/h7-10,15,21H,3-6,11-14,16H2,1-2H3/t21-/m1/s1. The van der Waals surface area contributed by atoms with Crippen molar-refractivity contribution in [3.8, 4) is 5.75 Å². The largest absolute Gasteiger partial charge is 0.494 e. The molecule has 29 heavy (non-hydrogen) atoms. The molecular formula is C23H30N4O2. The summed E-state index contributed by atoms with van der Waals surface area (Å²) in [5.74, 6) is 1.93. The van der Waals surface area contributed by atoms with Gasteiger partial charge in [0.2, 0.25) is 5.91 Å². The lowest BCUT2D eigenvalue weighted by Crippen LogP contribution is -2.38. The molecular weight excluding hydrogens is 364 g/mol. The first-order valence-electron chi connectivity index (χ1n) is 10.7. The fraction of sp³-hybridized carbons (Fsp3) is 0.522. The lowest BCUT2D eigenvalue weighted by atomic mass is 10.0. The minimum Gasteiger partial charge on any atom is -0.494 e. The average molecular weight is 395 g/mol. The number of fused-ring (bicyclic) bond motifs is 1. The van der Waals surface area contributed by atoms with Crippen LogP contribution < -0.4 is 4.74 Å². The molecule has 1 aromatic heterocycles. The summed E-state index contributed by atoms with van der Waals surface area (Å²) in [7, 11) is 2.16. The maximum absolute atomic E-state index is 12.8. The third kappa shape index (κ3) is 4.58. The van der Waals surface area contributed by atoms with Crippen molar-refractivity contribution in [2.45, 2.75) is 51.6 Å². The molecule has 6 heteroatoms. The molecule has 0 radical (unpaired) electrons. The average Bonchev–Trinajstić information content (AvgIpc) is 2.75. The van der Waals surface area contributed by atoms with Crippen LogP contribution in [0.2, 0.25) is 0 Å². The number of benzene rings is 1. The molecule has 4 rings (SSSR count). The highest BCUT2D eigenvalue weighted by atomic mass is 16.5. The van der Waals surface area contributed by atoms with Gasteiger partial charge in [-0.1, -0.05) is 18.6 Å². The molecule has 2 aliphatic heterocycles. The smallest absolute Gasteiger partial charge is 0.227 e. The molecule has 0 unspecified atom stereocenters. The Balaban J connectivity index is 1.39. The molecule has 0 aliphatic carbocycles. The Morgan fingerprint density at radius 2 is 2.03 bits per heavy atom. The van der Waals surface area contributed by atoms with E-state index in [9.17, 15) is 4.79 Å². The quantitative estimate of drug-likeness (QED) is 0.780. The second-order valence-electron chi connectivity index (χ2n) is 8.01. The molecule has 1 fully saturated rings. The fourth-order valence-electron chi connectivity index (χ4n) is 4.26. The van der Waals surface area contributed by atoms with Crippen LogP contribution in [0.15, 0.2) is 30.5 Å². The Morgan fingerprint density at radius 1 is 1.21 bits per heavy atom. The predicted molar refractivity (Wildman–Crippen MR) is 112 cm³/mol. The number of carbonyl (C=O) groups is 1. The van der Waals surface area contributed by atoms with Crippen LogP contribution in [0.1, 0.15) is 54.9 Å². The van der Waals surface area contributed by atoms with Gasteiger partial charge in [-0.25, -0.2) is 9.97 Å². The molecule has 3 heterocycles. The molecule has 1 saturated heterocycles. The Kier molecular flexibility index (Phi) is 6.09. The van der Waals surface area contributed by atoms with Crippen LogP contribution in [0, 0.1) is 0 Å². The lowest BCUT2D eigenvalue weighted by Gasteiger charge is -2.33. The summed E-state index contributed by atoms with van der Waals surface area (Å²) in [5.41, 5.74) is 3.20. The summed E-state index contributed by atoms with van der Waals surface area (Å²) in [6.07, 6.45) is 6.77. The summed E-state index contributed by atoms with van der Waals surface area (Å²) < 4.78 is 5.47. The molecule has 154 valence electrons. The number of nitrogens with zero attached hydrogens (tertiary/aromatic N) is 4. The molecule has 1 atom stereocenters. The zero-order valence-electron chi connectivity index (χ0n) is 17.4. The topological polar surface area (TPSA) is 58.6 Å². The molecule has 0 spiro atoms. The second kappa shape index (κ2) is 8.91. The Hall–Kier alpha value is -2.47. The van der Waals surface area contributed by atoms with Crippen molar-refractivity contribution in [3.05, 3.63) is 53.1 Å². The van der Waals surface area contributed by atoms with Crippen LogP contribution in [-0.4, -0.2) is 52.4 Å². The van der Waals surface area contributed by atoms with Crippen LogP contribution in [-0.2, 0) is 24.2 Å². The number of likely N-dealkylation sites (tertiary alicyclic amines) is 1. The number of carbonyl (C=O) groups excluding carboxylic acids is 1. The van der Waals surface area contributed by atoms with Gasteiger partial charge < -0.3 is 9.64 Å². The van der Waals surface area contributed by atoms with Gasteiger partial charge in [0.25, 0.3) is 0 Å². The Morgan fingerprint density at radius 3 is 2.79 bits per heavy atom. The number of ether oxygens (including phenoxy) is 1. The van der Waals surface area contributed by atoms with Crippen molar-refractivity contribution in [3.63, 3.8) is 0 Å². The summed E-state index contributed by atoms with van der Waals surface area (Å²) in [4.78, 5) is 26.6. The first kappa shape index (κ1) is 19.8. The van der Waals surface area contributed by atoms with E-state index in [-0.39, 0.29) is 5.91 Å². The van der Waals surface area contributed by atoms with E-state index in [4.69, 9.17) is 9.72 Å². The number of hydrogen-bond acceptors (Lipinski definition) is 5. The van der Waals surface area contributed by atoms with Gasteiger partial charge >= 0.3 is 0 Å². The van der Waals surface area contributed by atoms with Crippen molar-refractivity contribution in [1.29, 1.82) is 0 Å². The molecule has 6 nitrogen and oxygen atoms in total. The SMILES string of the molecule is CCOc1ccc(CC(=O)N2CCc3nc([C@H]4CCCCN4C)ncc3C2)cc1. The third-order valence-electron chi connectivity index (χ3n) is 5.96. The Bertz CT molecular complexity index is 852.